The fourth-order valence-electron chi connectivity index (χ4n) is 3.79. The average molecular weight is 572 g/mol. The third kappa shape index (κ3) is 8.30. The number of amides is 2. The summed E-state index contributed by atoms with van der Waals surface area (Å²) < 4.78 is 17.3. The number of nitrogens with zero attached hydrogens (tertiary/aromatic N) is 5. The van der Waals surface area contributed by atoms with Gasteiger partial charge in [0.05, 0.1) is 25.5 Å². The third-order valence-electron chi connectivity index (χ3n) is 5.51. The highest BCUT2D eigenvalue weighted by Gasteiger charge is 2.28. The maximum absolute atomic E-state index is 13.3. The molecule has 13 heteroatoms. The highest BCUT2D eigenvalue weighted by atomic mass is 16.6. The number of carbonyl (C=O) groups excluding carboxylic acids is 3. The lowest BCUT2D eigenvalue weighted by molar-refractivity contribution is 0.0218. The highest BCUT2D eigenvalue weighted by molar-refractivity contribution is 5.93. The average Bonchev–Trinajstić information content (AvgIpc) is 3.28. The van der Waals surface area contributed by atoms with Crippen molar-refractivity contribution < 1.29 is 38.8 Å². The molecule has 2 heterocycles. The summed E-state index contributed by atoms with van der Waals surface area (Å²) in [5.74, 6) is -0.573. The van der Waals surface area contributed by atoms with Gasteiger partial charge in [0.25, 0.3) is 0 Å². The van der Waals surface area contributed by atoms with Gasteiger partial charge in [0.2, 0.25) is 0 Å². The molecule has 0 saturated carbocycles. The zero-order valence-electron chi connectivity index (χ0n) is 24.4. The Morgan fingerprint density at radius 2 is 1.61 bits per heavy atom. The molecule has 0 spiro atoms. The number of rotatable bonds is 8. The molecule has 0 aliphatic carbocycles. The van der Waals surface area contributed by atoms with E-state index >= 15 is 0 Å². The van der Waals surface area contributed by atoms with Crippen LogP contribution in [-0.2, 0) is 14.2 Å². The van der Waals surface area contributed by atoms with Crippen molar-refractivity contribution in [3.63, 3.8) is 0 Å². The van der Waals surface area contributed by atoms with Crippen LogP contribution in [0, 0.1) is 0 Å². The van der Waals surface area contributed by atoms with Crippen LogP contribution in [0.4, 0.5) is 15.4 Å². The van der Waals surface area contributed by atoms with Crippen LogP contribution in [0.3, 0.4) is 0 Å². The molecule has 0 radical (unpaired) electrons. The number of methoxy groups -OCH3 is 1. The van der Waals surface area contributed by atoms with Crippen molar-refractivity contribution >= 4 is 29.6 Å². The zero-order chi connectivity index (χ0) is 30.5. The minimum Gasteiger partial charge on any atom is -0.508 e. The molecule has 41 heavy (non-hydrogen) atoms. The van der Waals surface area contributed by atoms with Gasteiger partial charge in [-0.25, -0.2) is 23.9 Å². The first-order valence-electron chi connectivity index (χ1n) is 13.0. The van der Waals surface area contributed by atoms with Gasteiger partial charge in [-0.05, 0) is 71.4 Å². The summed E-state index contributed by atoms with van der Waals surface area (Å²) in [6.07, 6.45) is 1.78. The number of hydrogen-bond donors (Lipinski definition) is 2. The minimum atomic E-state index is -0.816. The van der Waals surface area contributed by atoms with Crippen LogP contribution in [0.5, 0.6) is 5.75 Å². The van der Waals surface area contributed by atoms with E-state index in [-0.39, 0.29) is 43.4 Å². The number of ether oxygens (including phenoxy) is 3. The molecular formula is C28H37N5O8. The van der Waals surface area contributed by atoms with Crippen LogP contribution >= 0.6 is 0 Å². The minimum absolute atomic E-state index is 0.00364. The van der Waals surface area contributed by atoms with Gasteiger partial charge in [0.15, 0.2) is 5.65 Å². The van der Waals surface area contributed by atoms with E-state index in [9.17, 15) is 24.6 Å². The van der Waals surface area contributed by atoms with Crippen molar-refractivity contribution in [2.45, 2.75) is 52.7 Å². The summed E-state index contributed by atoms with van der Waals surface area (Å²) in [6.45, 7) is 10.1. The SMILES string of the molecule is COC(=O)c1cc(O)cc(-c2cnn3ccc(N(CCN(CCO)C(=O)OC(C)(C)C)C(=O)OC(C)(C)C)nc23)c1. The van der Waals surface area contributed by atoms with Crippen molar-refractivity contribution in [1.82, 2.24) is 19.5 Å². The van der Waals surface area contributed by atoms with E-state index < -0.39 is 29.4 Å². The lowest BCUT2D eigenvalue weighted by atomic mass is 10.0. The van der Waals surface area contributed by atoms with Crippen molar-refractivity contribution in [1.29, 1.82) is 0 Å². The monoisotopic (exact) mass is 571 g/mol. The maximum atomic E-state index is 13.3. The number of esters is 1. The summed E-state index contributed by atoms with van der Waals surface area (Å²) in [7, 11) is 1.24. The van der Waals surface area contributed by atoms with Crippen LogP contribution in [0.25, 0.3) is 16.8 Å². The van der Waals surface area contributed by atoms with Gasteiger partial charge in [-0.3, -0.25) is 4.90 Å². The van der Waals surface area contributed by atoms with Gasteiger partial charge in [0.1, 0.15) is 22.8 Å². The molecule has 3 aromatic rings. The molecule has 1 aromatic carbocycles. The Balaban J connectivity index is 2.02. The predicted octanol–water partition coefficient (Wildman–Crippen LogP) is 3.86. The quantitative estimate of drug-likeness (QED) is 0.301. The van der Waals surface area contributed by atoms with Crippen molar-refractivity contribution in [3.05, 3.63) is 42.2 Å². The Bertz CT molecular complexity index is 1410. The summed E-state index contributed by atoms with van der Waals surface area (Å²) in [5, 5.41) is 24.1. The summed E-state index contributed by atoms with van der Waals surface area (Å²) in [4.78, 5) is 45.4. The molecule has 222 valence electrons. The van der Waals surface area contributed by atoms with Crippen LogP contribution in [0.1, 0.15) is 51.9 Å². The summed E-state index contributed by atoms with van der Waals surface area (Å²) in [6, 6.07) is 5.85. The van der Waals surface area contributed by atoms with E-state index in [1.54, 1.807) is 53.8 Å². The van der Waals surface area contributed by atoms with Gasteiger partial charge in [0, 0.05) is 31.4 Å². The number of phenolic OH excluding ortho intramolecular Hbond substituents is 1. The molecule has 0 fully saturated rings. The lowest BCUT2D eigenvalue weighted by Gasteiger charge is -2.30. The first-order chi connectivity index (χ1) is 19.1. The largest absolute Gasteiger partial charge is 0.508 e. The Kier molecular flexibility index (Phi) is 9.43. The van der Waals surface area contributed by atoms with Gasteiger partial charge in [-0.1, -0.05) is 0 Å². The van der Waals surface area contributed by atoms with Crippen LogP contribution < -0.4 is 4.90 Å². The molecule has 13 nitrogen and oxygen atoms in total. The van der Waals surface area contributed by atoms with Crippen molar-refractivity contribution in [3.8, 4) is 16.9 Å². The molecular weight excluding hydrogens is 534 g/mol. The van der Waals surface area contributed by atoms with Crippen molar-refractivity contribution in [2.75, 3.05) is 38.3 Å². The lowest BCUT2D eigenvalue weighted by Crippen LogP contribution is -2.45. The summed E-state index contributed by atoms with van der Waals surface area (Å²) in [5.41, 5.74) is -0.166. The second-order valence-electron chi connectivity index (χ2n) is 11.2. The Hall–Kier alpha value is -4.39. The number of aliphatic hydroxyl groups is 1. The van der Waals surface area contributed by atoms with Gasteiger partial charge in [-0.2, -0.15) is 5.10 Å². The predicted molar refractivity (Wildman–Crippen MR) is 150 cm³/mol. The van der Waals surface area contributed by atoms with Gasteiger partial charge in [-0.15, -0.1) is 0 Å². The highest BCUT2D eigenvalue weighted by Crippen LogP contribution is 2.30. The van der Waals surface area contributed by atoms with E-state index in [0.717, 1.165) is 0 Å². The fraction of sp³-hybridized carbons (Fsp3) is 0.464. The maximum Gasteiger partial charge on any atom is 0.416 e. The van der Waals surface area contributed by atoms with E-state index in [1.807, 2.05) is 0 Å². The molecule has 2 N–H and O–H groups in total. The number of fused-ring (bicyclic) bond motifs is 1. The molecule has 0 unspecified atom stereocenters. The molecule has 0 saturated heterocycles. The first-order valence-corrected chi connectivity index (χ1v) is 13.0. The molecule has 0 aliphatic heterocycles. The number of aromatic hydroxyl groups is 1. The Morgan fingerprint density at radius 3 is 2.22 bits per heavy atom. The third-order valence-corrected chi connectivity index (χ3v) is 5.51. The van der Waals surface area contributed by atoms with Gasteiger partial charge < -0.3 is 29.3 Å². The standard InChI is InChI=1S/C28H37N5O8/c1-27(2,3)40-25(37)31(12-13-34)10-11-32(26(38)41-28(4,5)6)22-8-9-33-23(30-22)21(17-29-33)18-14-19(24(36)39-7)16-20(35)15-18/h8-9,14-17,34-35H,10-13H2,1-7H3. The van der Waals surface area contributed by atoms with Crippen LogP contribution in [0.15, 0.2) is 36.7 Å². The second-order valence-corrected chi connectivity index (χ2v) is 11.2. The molecule has 0 atom stereocenters. The van der Waals surface area contributed by atoms with E-state index in [1.165, 1.54) is 45.8 Å². The number of aliphatic hydroxyl groups excluding tert-OH is 1. The number of benzene rings is 1. The second kappa shape index (κ2) is 12.4. The van der Waals surface area contributed by atoms with E-state index in [4.69, 9.17) is 14.2 Å². The topological polar surface area (TPSA) is 156 Å². The Labute approximate surface area is 238 Å². The smallest absolute Gasteiger partial charge is 0.416 e. The molecule has 0 aliphatic rings. The fourth-order valence-corrected chi connectivity index (χ4v) is 3.79. The van der Waals surface area contributed by atoms with Crippen molar-refractivity contribution in [2.24, 2.45) is 0 Å². The number of hydrogen-bond acceptors (Lipinski definition) is 10. The molecule has 2 aromatic heterocycles. The van der Waals surface area contributed by atoms with E-state index in [0.29, 0.717) is 16.8 Å². The zero-order valence-corrected chi connectivity index (χ0v) is 24.4. The van der Waals surface area contributed by atoms with E-state index in [2.05, 4.69) is 10.1 Å². The normalized spacial score (nSPS) is 11.7. The number of anilines is 1. The number of aromatic nitrogens is 3. The Morgan fingerprint density at radius 1 is 0.951 bits per heavy atom. The molecule has 3 rings (SSSR count). The number of carbonyl (C=O) groups is 3. The number of phenols is 1. The van der Waals surface area contributed by atoms with Gasteiger partial charge >= 0.3 is 18.2 Å². The summed E-state index contributed by atoms with van der Waals surface area (Å²) >= 11 is 0. The van der Waals surface area contributed by atoms with Crippen LogP contribution in [-0.4, -0.2) is 92.4 Å². The van der Waals surface area contributed by atoms with Crippen LogP contribution in [0.2, 0.25) is 0 Å². The molecule has 2 amide bonds. The first kappa shape index (κ1) is 31.1. The molecule has 0 bridgehead atoms.